The van der Waals surface area contributed by atoms with Gasteiger partial charge in [-0.2, -0.15) is 9.61 Å². The second-order valence-electron chi connectivity index (χ2n) is 5.27. The Balaban J connectivity index is 1.64. The van der Waals surface area contributed by atoms with Gasteiger partial charge in [-0.15, -0.1) is 10.2 Å². The predicted molar refractivity (Wildman–Crippen MR) is 101 cm³/mol. The third-order valence-electron chi connectivity index (χ3n) is 3.52. The van der Waals surface area contributed by atoms with Gasteiger partial charge < -0.3 is 4.74 Å². The van der Waals surface area contributed by atoms with Crippen LogP contribution in [0.1, 0.15) is 5.01 Å². The normalized spacial score (nSPS) is 11.0. The number of hydrogen-bond acceptors (Lipinski definition) is 6. The minimum absolute atomic E-state index is 0.148. The fraction of sp³-hybridized carbons (Fsp3) is 0.0588. The fourth-order valence-electron chi connectivity index (χ4n) is 2.32. The maximum atomic E-state index is 12.6. The molecular weight excluding hydrogens is 395 g/mol. The van der Waals surface area contributed by atoms with Crippen molar-refractivity contribution in [3.05, 3.63) is 73.9 Å². The highest BCUT2D eigenvalue weighted by atomic mass is 35.5. The lowest BCUT2D eigenvalue weighted by Crippen LogP contribution is -2.19. The molecule has 0 aliphatic carbocycles. The molecule has 2 aromatic heterocycles. The number of ether oxygens (including phenoxy) is 1. The Morgan fingerprint density at radius 3 is 2.65 bits per heavy atom. The van der Waals surface area contributed by atoms with E-state index in [1.807, 2.05) is 18.2 Å². The summed E-state index contributed by atoms with van der Waals surface area (Å²) in [6, 6.07) is 14.1. The Bertz CT molecular complexity index is 1140. The second kappa shape index (κ2) is 7.03. The maximum absolute atomic E-state index is 12.6. The molecule has 0 radical (unpaired) electrons. The van der Waals surface area contributed by atoms with Gasteiger partial charge in [0.2, 0.25) is 4.96 Å². The summed E-state index contributed by atoms with van der Waals surface area (Å²) < 4.78 is 6.89. The molecule has 2 heterocycles. The Labute approximate surface area is 161 Å². The summed E-state index contributed by atoms with van der Waals surface area (Å²) in [5.41, 5.74) is 0.619. The Kier molecular flexibility index (Phi) is 4.58. The van der Waals surface area contributed by atoms with Crippen LogP contribution in [-0.2, 0) is 6.61 Å². The maximum Gasteiger partial charge on any atom is 0.302 e. The van der Waals surface area contributed by atoms with Gasteiger partial charge in [0.25, 0.3) is 0 Å². The van der Waals surface area contributed by atoms with E-state index in [1.165, 1.54) is 15.9 Å². The number of fused-ring (bicyclic) bond motifs is 1. The van der Waals surface area contributed by atoms with Crippen molar-refractivity contribution in [2.45, 2.75) is 6.61 Å². The quantitative estimate of drug-likeness (QED) is 0.511. The molecule has 0 atom stereocenters. The van der Waals surface area contributed by atoms with Gasteiger partial charge in [-0.05, 0) is 18.2 Å². The van der Waals surface area contributed by atoms with Crippen LogP contribution < -0.4 is 10.3 Å². The van der Waals surface area contributed by atoms with Crippen LogP contribution in [0.2, 0.25) is 10.0 Å². The first-order valence-electron chi connectivity index (χ1n) is 7.50. The van der Waals surface area contributed by atoms with E-state index in [9.17, 15) is 4.79 Å². The largest absolute Gasteiger partial charge is 0.485 e. The first-order valence-corrected chi connectivity index (χ1v) is 9.08. The monoisotopic (exact) mass is 404 g/mol. The Hall–Kier alpha value is -2.48. The average molecular weight is 405 g/mol. The van der Waals surface area contributed by atoms with Crippen LogP contribution in [0.5, 0.6) is 5.75 Å². The Morgan fingerprint density at radius 1 is 1.08 bits per heavy atom. The predicted octanol–water partition coefficient (Wildman–Crippen LogP) is 4.10. The average Bonchev–Trinajstić information content (AvgIpc) is 3.06. The number of halogens is 2. The van der Waals surface area contributed by atoms with E-state index < -0.39 is 0 Å². The lowest BCUT2D eigenvalue weighted by Gasteiger charge is -2.05. The molecule has 9 heteroatoms. The summed E-state index contributed by atoms with van der Waals surface area (Å²) in [5.74, 6) is 0.485. The smallest absolute Gasteiger partial charge is 0.302 e. The highest BCUT2D eigenvalue weighted by Gasteiger charge is 2.14. The first-order chi connectivity index (χ1) is 12.6. The van der Waals surface area contributed by atoms with E-state index in [0.717, 1.165) is 0 Å². The lowest BCUT2D eigenvalue weighted by atomic mass is 10.2. The van der Waals surface area contributed by atoms with E-state index >= 15 is 0 Å². The molecule has 26 heavy (non-hydrogen) atoms. The highest BCUT2D eigenvalue weighted by Crippen LogP contribution is 2.28. The van der Waals surface area contributed by atoms with Gasteiger partial charge in [-0.3, -0.25) is 4.79 Å². The summed E-state index contributed by atoms with van der Waals surface area (Å²) in [6.45, 7) is 0.148. The molecule has 0 unspecified atom stereocenters. The van der Waals surface area contributed by atoms with Crippen molar-refractivity contribution in [3.8, 4) is 17.0 Å². The number of nitrogens with zero attached hydrogens (tertiary/aromatic N) is 4. The van der Waals surface area contributed by atoms with Gasteiger partial charge in [0.1, 0.15) is 12.4 Å². The minimum atomic E-state index is -0.326. The molecule has 0 saturated heterocycles. The standard InChI is InChI=1S/C17H10Cl2N4O2S/c18-11-6-7-13(12(19)8-11)25-9-14-22-23-16(24)15(20-21-17(23)26-14)10-4-2-1-3-5-10/h1-8H,9H2. The van der Waals surface area contributed by atoms with Gasteiger partial charge in [0.15, 0.2) is 10.7 Å². The topological polar surface area (TPSA) is 69.4 Å². The Morgan fingerprint density at radius 2 is 1.88 bits per heavy atom. The number of rotatable bonds is 4. The van der Waals surface area contributed by atoms with Gasteiger partial charge in [-0.25, -0.2) is 0 Å². The van der Waals surface area contributed by atoms with E-state index in [1.54, 1.807) is 30.3 Å². The van der Waals surface area contributed by atoms with Crippen LogP contribution in [-0.4, -0.2) is 19.8 Å². The van der Waals surface area contributed by atoms with Crippen molar-refractivity contribution < 1.29 is 4.74 Å². The van der Waals surface area contributed by atoms with E-state index in [2.05, 4.69) is 15.3 Å². The third kappa shape index (κ3) is 3.29. The summed E-state index contributed by atoms with van der Waals surface area (Å²) in [7, 11) is 0. The zero-order valence-corrected chi connectivity index (χ0v) is 15.4. The van der Waals surface area contributed by atoms with Crippen LogP contribution in [0.15, 0.2) is 53.3 Å². The van der Waals surface area contributed by atoms with Crippen LogP contribution in [0.25, 0.3) is 16.2 Å². The molecule has 0 saturated carbocycles. The lowest BCUT2D eigenvalue weighted by molar-refractivity contribution is 0.304. The fourth-order valence-corrected chi connectivity index (χ4v) is 3.53. The van der Waals surface area contributed by atoms with Gasteiger partial charge in [0, 0.05) is 10.6 Å². The van der Waals surface area contributed by atoms with E-state index in [0.29, 0.717) is 31.3 Å². The van der Waals surface area contributed by atoms with Crippen LogP contribution in [0.4, 0.5) is 0 Å². The van der Waals surface area contributed by atoms with Crippen molar-refractivity contribution in [3.63, 3.8) is 0 Å². The van der Waals surface area contributed by atoms with Crippen molar-refractivity contribution in [2.75, 3.05) is 0 Å². The summed E-state index contributed by atoms with van der Waals surface area (Å²) >= 11 is 13.2. The summed E-state index contributed by atoms with van der Waals surface area (Å²) in [6.07, 6.45) is 0. The van der Waals surface area contributed by atoms with Crippen molar-refractivity contribution in [1.82, 2.24) is 19.8 Å². The second-order valence-corrected chi connectivity index (χ2v) is 7.16. The number of aromatic nitrogens is 4. The van der Waals surface area contributed by atoms with Gasteiger partial charge in [-0.1, -0.05) is 64.9 Å². The highest BCUT2D eigenvalue weighted by molar-refractivity contribution is 7.16. The molecule has 130 valence electrons. The zero-order valence-electron chi connectivity index (χ0n) is 13.1. The van der Waals surface area contributed by atoms with Crippen molar-refractivity contribution in [1.29, 1.82) is 0 Å². The van der Waals surface area contributed by atoms with Crippen molar-refractivity contribution in [2.24, 2.45) is 0 Å². The third-order valence-corrected chi connectivity index (χ3v) is 4.93. The molecule has 0 aliphatic rings. The van der Waals surface area contributed by atoms with Crippen LogP contribution in [0.3, 0.4) is 0 Å². The summed E-state index contributed by atoms with van der Waals surface area (Å²) in [5, 5.41) is 13.9. The molecule has 0 bridgehead atoms. The minimum Gasteiger partial charge on any atom is -0.485 e. The molecule has 4 aromatic rings. The molecule has 2 aromatic carbocycles. The molecule has 0 aliphatic heterocycles. The molecule has 6 nitrogen and oxygen atoms in total. The van der Waals surface area contributed by atoms with Gasteiger partial charge in [0.05, 0.1) is 5.02 Å². The number of hydrogen-bond donors (Lipinski definition) is 0. The van der Waals surface area contributed by atoms with E-state index in [4.69, 9.17) is 27.9 Å². The molecule has 0 spiro atoms. The van der Waals surface area contributed by atoms with Crippen LogP contribution in [0, 0.1) is 0 Å². The first kappa shape index (κ1) is 17.0. The van der Waals surface area contributed by atoms with Crippen LogP contribution >= 0.6 is 34.5 Å². The molecular formula is C17H10Cl2N4O2S. The van der Waals surface area contributed by atoms with E-state index in [-0.39, 0.29) is 17.9 Å². The molecule has 0 N–H and O–H groups in total. The SMILES string of the molecule is O=c1c(-c2ccccc2)nnc2sc(COc3ccc(Cl)cc3Cl)nn12. The van der Waals surface area contributed by atoms with Crippen molar-refractivity contribution >= 4 is 39.5 Å². The number of benzene rings is 2. The molecule has 4 rings (SSSR count). The zero-order chi connectivity index (χ0) is 18.1. The molecule has 0 amide bonds. The molecule has 0 fully saturated rings. The summed E-state index contributed by atoms with van der Waals surface area (Å²) in [4.78, 5) is 13.0. The van der Waals surface area contributed by atoms with Gasteiger partial charge >= 0.3 is 5.56 Å².